The summed E-state index contributed by atoms with van der Waals surface area (Å²) in [5.74, 6) is -0.747. The summed E-state index contributed by atoms with van der Waals surface area (Å²) in [4.78, 5) is 11.4. The first kappa shape index (κ1) is 18.1. The van der Waals surface area contributed by atoms with E-state index in [9.17, 15) is 23.4 Å². The quantitative estimate of drug-likeness (QED) is 0.615. The minimum Gasteiger partial charge on any atom is -0.465 e. The van der Waals surface area contributed by atoms with Gasteiger partial charge in [-0.2, -0.15) is 0 Å². The third-order valence-corrected chi connectivity index (χ3v) is 6.16. The van der Waals surface area contributed by atoms with Crippen LogP contribution in [0.15, 0.2) is 10.3 Å². The van der Waals surface area contributed by atoms with Crippen molar-refractivity contribution < 1.29 is 28.2 Å². The van der Waals surface area contributed by atoms with E-state index >= 15 is 0 Å². The van der Waals surface area contributed by atoms with Gasteiger partial charge < -0.3 is 14.9 Å². The van der Waals surface area contributed by atoms with Crippen LogP contribution in [0.2, 0.25) is 0 Å². The maximum absolute atomic E-state index is 12.5. The SMILES string of the molecule is CCC(CO)(CO)NS(=O)(=O)c1c(C)csc1C(=O)OC. The number of aliphatic hydroxyl groups is 2. The summed E-state index contributed by atoms with van der Waals surface area (Å²) in [6.45, 7) is 2.08. The van der Waals surface area contributed by atoms with E-state index in [0.717, 1.165) is 11.3 Å². The highest BCUT2D eigenvalue weighted by atomic mass is 32.2. The molecule has 9 heteroatoms. The minimum atomic E-state index is -4.09. The van der Waals surface area contributed by atoms with Crippen LogP contribution in [0, 0.1) is 6.92 Å². The molecular formula is C12H19NO6S2. The third kappa shape index (κ3) is 3.61. The Hall–Kier alpha value is -1.00. The van der Waals surface area contributed by atoms with E-state index in [4.69, 9.17) is 0 Å². The molecule has 0 bridgehead atoms. The highest BCUT2D eigenvalue weighted by molar-refractivity contribution is 7.89. The van der Waals surface area contributed by atoms with E-state index in [1.807, 2.05) is 0 Å². The molecule has 0 unspecified atom stereocenters. The van der Waals surface area contributed by atoms with Crippen molar-refractivity contribution in [1.29, 1.82) is 0 Å². The average Bonchev–Trinajstić information content (AvgIpc) is 2.86. The lowest BCUT2D eigenvalue weighted by atomic mass is 10.0. The second-order valence-electron chi connectivity index (χ2n) is 4.62. The van der Waals surface area contributed by atoms with Crippen molar-refractivity contribution in [3.8, 4) is 0 Å². The second-order valence-corrected chi connectivity index (χ2v) is 7.12. The monoisotopic (exact) mass is 337 g/mol. The number of thiophene rings is 1. The number of rotatable bonds is 7. The Morgan fingerprint density at radius 2 is 2.00 bits per heavy atom. The zero-order valence-electron chi connectivity index (χ0n) is 12.0. The molecule has 0 atom stereocenters. The van der Waals surface area contributed by atoms with E-state index in [0.29, 0.717) is 5.56 Å². The van der Waals surface area contributed by atoms with Gasteiger partial charge in [0.25, 0.3) is 0 Å². The van der Waals surface area contributed by atoms with Gasteiger partial charge in [0.2, 0.25) is 10.0 Å². The molecule has 0 saturated heterocycles. The topological polar surface area (TPSA) is 113 Å². The zero-order valence-corrected chi connectivity index (χ0v) is 13.7. The van der Waals surface area contributed by atoms with Crippen LogP contribution in [-0.4, -0.2) is 50.5 Å². The molecule has 21 heavy (non-hydrogen) atoms. The molecule has 0 saturated carbocycles. The number of ether oxygens (including phenoxy) is 1. The Balaban J connectivity index is 3.32. The zero-order chi connectivity index (χ0) is 16.3. The smallest absolute Gasteiger partial charge is 0.349 e. The van der Waals surface area contributed by atoms with Crippen LogP contribution in [0.4, 0.5) is 0 Å². The Morgan fingerprint density at radius 3 is 2.43 bits per heavy atom. The Kier molecular flexibility index (Phi) is 5.88. The molecule has 1 rings (SSSR count). The highest BCUT2D eigenvalue weighted by Gasteiger charge is 2.36. The number of methoxy groups -OCH3 is 1. The normalized spacial score (nSPS) is 12.4. The summed E-state index contributed by atoms with van der Waals surface area (Å²) >= 11 is 0.966. The van der Waals surface area contributed by atoms with Gasteiger partial charge in [-0.05, 0) is 24.3 Å². The Morgan fingerprint density at radius 1 is 1.43 bits per heavy atom. The standard InChI is InChI=1S/C12H19NO6S2/c1-4-12(6-14,7-15)13-21(17,18)10-8(2)5-20-9(10)11(16)19-3/h5,13-15H,4,6-7H2,1-3H3. The number of aryl methyl sites for hydroxylation is 1. The lowest BCUT2D eigenvalue weighted by Crippen LogP contribution is -2.53. The van der Waals surface area contributed by atoms with Crippen molar-refractivity contribution in [1.82, 2.24) is 4.72 Å². The predicted molar refractivity (Wildman–Crippen MR) is 77.9 cm³/mol. The lowest BCUT2D eigenvalue weighted by molar-refractivity contribution is 0.0602. The van der Waals surface area contributed by atoms with Crippen molar-refractivity contribution in [2.75, 3.05) is 20.3 Å². The van der Waals surface area contributed by atoms with E-state index < -0.39 is 34.7 Å². The number of sulfonamides is 1. The molecule has 0 radical (unpaired) electrons. The van der Waals surface area contributed by atoms with Gasteiger partial charge in [-0.25, -0.2) is 17.9 Å². The molecule has 7 nitrogen and oxygen atoms in total. The van der Waals surface area contributed by atoms with Gasteiger partial charge in [0.05, 0.1) is 25.9 Å². The van der Waals surface area contributed by atoms with E-state index in [-0.39, 0.29) is 16.2 Å². The molecule has 120 valence electrons. The summed E-state index contributed by atoms with van der Waals surface area (Å²) in [5, 5.41) is 20.2. The van der Waals surface area contributed by atoms with Gasteiger partial charge >= 0.3 is 5.97 Å². The number of aliphatic hydroxyl groups excluding tert-OH is 2. The van der Waals surface area contributed by atoms with Gasteiger partial charge in [0.15, 0.2) is 0 Å². The first-order valence-corrected chi connectivity index (χ1v) is 8.55. The van der Waals surface area contributed by atoms with Crippen molar-refractivity contribution in [2.45, 2.75) is 30.7 Å². The van der Waals surface area contributed by atoms with Gasteiger partial charge in [0, 0.05) is 0 Å². The number of nitrogens with one attached hydrogen (secondary N) is 1. The van der Waals surface area contributed by atoms with Gasteiger partial charge in [-0.15, -0.1) is 11.3 Å². The molecule has 0 fully saturated rings. The van der Waals surface area contributed by atoms with Crippen LogP contribution >= 0.6 is 11.3 Å². The number of carbonyl (C=O) groups excluding carboxylic acids is 1. The first-order valence-electron chi connectivity index (χ1n) is 6.19. The molecule has 1 aromatic rings. The van der Waals surface area contributed by atoms with Crippen molar-refractivity contribution >= 4 is 27.3 Å². The van der Waals surface area contributed by atoms with Crippen molar-refractivity contribution in [3.05, 3.63) is 15.8 Å². The van der Waals surface area contributed by atoms with Gasteiger partial charge in [-0.3, -0.25) is 0 Å². The van der Waals surface area contributed by atoms with E-state index in [2.05, 4.69) is 9.46 Å². The molecule has 0 aromatic carbocycles. The van der Waals surface area contributed by atoms with E-state index in [1.165, 1.54) is 12.5 Å². The summed E-state index contributed by atoms with van der Waals surface area (Å²) in [6, 6.07) is 0. The largest absolute Gasteiger partial charge is 0.465 e. The number of hydrogen-bond donors (Lipinski definition) is 3. The van der Waals surface area contributed by atoms with Gasteiger partial charge in [-0.1, -0.05) is 6.92 Å². The fourth-order valence-electron chi connectivity index (χ4n) is 1.75. The molecule has 0 amide bonds. The highest BCUT2D eigenvalue weighted by Crippen LogP contribution is 2.28. The van der Waals surface area contributed by atoms with Crippen LogP contribution in [0.3, 0.4) is 0 Å². The second kappa shape index (κ2) is 6.84. The van der Waals surface area contributed by atoms with Gasteiger partial charge in [0.1, 0.15) is 9.77 Å². The van der Waals surface area contributed by atoms with Crippen LogP contribution < -0.4 is 4.72 Å². The molecule has 0 aliphatic carbocycles. The molecule has 0 spiro atoms. The molecule has 3 N–H and O–H groups in total. The lowest BCUT2D eigenvalue weighted by Gasteiger charge is -2.29. The van der Waals surface area contributed by atoms with Crippen LogP contribution in [-0.2, 0) is 14.8 Å². The summed E-state index contributed by atoms with van der Waals surface area (Å²) in [7, 11) is -2.92. The maximum atomic E-state index is 12.5. The molecule has 1 aromatic heterocycles. The fraction of sp³-hybridized carbons (Fsp3) is 0.583. The third-order valence-electron chi connectivity index (χ3n) is 3.19. The van der Waals surface area contributed by atoms with Crippen LogP contribution in [0.25, 0.3) is 0 Å². The van der Waals surface area contributed by atoms with Crippen LogP contribution in [0.5, 0.6) is 0 Å². The number of carbonyl (C=O) groups is 1. The summed E-state index contributed by atoms with van der Waals surface area (Å²) in [5.41, 5.74) is -0.977. The number of esters is 1. The molecular weight excluding hydrogens is 318 g/mol. The average molecular weight is 337 g/mol. The first-order chi connectivity index (χ1) is 9.76. The number of hydrogen-bond acceptors (Lipinski definition) is 7. The van der Waals surface area contributed by atoms with Crippen molar-refractivity contribution in [2.24, 2.45) is 0 Å². The molecule has 1 heterocycles. The fourth-order valence-corrected chi connectivity index (χ4v) is 4.91. The van der Waals surface area contributed by atoms with E-state index in [1.54, 1.807) is 13.8 Å². The van der Waals surface area contributed by atoms with Crippen molar-refractivity contribution in [3.63, 3.8) is 0 Å². The maximum Gasteiger partial charge on any atom is 0.349 e. The summed E-state index contributed by atoms with van der Waals surface area (Å²) < 4.78 is 31.9. The Bertz CT molecular complexity index is 595. The van der Waals surface area contributed by atoms with Crippen LogP contribution in [0.1, 0.15) is 28.6 Å². The summed E-state index contributed by atoms with van der Waals surface area (Å²) in [6.07, 6.45) is 0.190. The predicted octanol–water partition coefficient (Wildman–Crippen LogP) is 0.255. The molecule has 0 aliphatic rings. The molecule has 0 aliphatic heterocycles. The minimum absolute atomic E-state index is 0.0385. The Labute approximate surface area is 127 Å².